The van der Waals surface area contributed by atoms with Crippen molar-refractivity contribution in [1.29, 1.82) is 0 Å². The van der Waals surface area contributed by atoms with Crippen LogP contribution in [0.1, 0.15) is 13.3 Å². The summed E-state index contributed by atoms with van der Waals surface area (Å²) in [5.41, 5.74) is 5.25. The van der Waals surface area contributed by atoms with E-state index in [9.17, 15) is 9.59 Å². The van der Waals surface area contributed by atoms with Crippen LogP contribution in [0.15, 0.2) is 0 Å². The Morgan fingerprint density at radius 3 is 1.86 bits per heavy atom. The van der Waals surface area contributed by atoms with Crippen LogP contribution in [0.25, 0.3) is 0 Å². The molecule has 0 aromatic rings. The second kappa shape index (κ2) is 4.95. The summed E-state index contributed by atoms with van der Waals surface area (Å²) in [6.45, 7) is 4.40. The zero-order valence-corrected chi connectivity index (χ0v) is 8.53. The molecule has 1 aliphatic rings. The highest BCUT2D eigenvalue weighted by molar-refractivity contribution is 5.79. The average Bonchev–Trinajstić information content (AvgIpc) is 2.27. The van der Waals surface area contributed by atoms with Gasteiger partial charge in [0, 0.05) is 32.6 Å². The van der Waals surface area contributed by atoms with Gasteiger partial charge in [-0.15, -0.1) is 0 Å². The minimum atomic E-state index is -0.0337. The number of nitrogens with two attached hydrogens (primary N) is 1. The van der Waals surface area contributed by atoms with Gasteiger partial charge in [0.05, 0.1) is 6.54 Å². The first-order valence-corrected chi connectivity index (χ1v) is 4.94. The Morgan fingerprint density at radius 1 is 1.07 bits per heavy atom. The van der Waals surface area contributed by atoms with Crippen molar-refractivity contribution >= 4 is 11.8 Å². The van der Waals surface area contributed by atoms with Crippen molar-refractivity contribution in [2.75, 3.05) is 32.7 Å². The lowest BCUT2D eigenvalue weighted by Crippen LogP contribution is -2.51. The topological polar surface area (TPSA) is 66.6 Å². The van der Waals surface area contributed by atoms with Gasteiger partial charge < -0.3 is 15.5 Å². The summed E-state index contributed by atoms with van der Waals surface area (Å²) < 4.78 is 0. The van der Waals surface area contributed by atoms with Gasteiger partial charge >= 0.3 is 0 Å². The Balaban J connectivity index is 2.38. The van der Waals surface area contributed by atoms with Crippen molar-refractivity contribution in [3.63, 3.8) is 0 Å². The molecule has 0 radical (unpaired) electrons. The maximum atomic E-state index is 11.3. The minimum absolute atomic E-state index is 0.0337. The van der Waals surface area contributed by atoms with Crippen molar-refractivity contribution in [2.24, 2.45) is 5.73 Å². The predicted octanol–water partition coefficient (Wildman–Crippen LogP) is -0.974. The van der Waals surface area contributed by atoms with Crippen LogP contribution in [0, 0.1) is 0 Å². The molecule has 1 aliphatic heterocycles. The summed E-state index contributed by atoms with van der Waals surface area (Å²) in [6.07, 6.45) is 0.533. The maximum Gasteiger partial charge on any atom is 0.236 e. The average molecular weight is 199 g/mol. The number of carbonyl (C=O) groups excluding carboxylic acids is 2. The molecule has 0 aromatic heterocycles. The van der Waals surface area contributed by atoms with Gasteiger partial charge in [-0.05, 0) is 0 Å². The van der Waals surface area contributed by atoms with Gasteiger partial charge in [0.1, 0.15) is 0 Å². The summed E-state index contributed by atoms with van der Waals surface area (Å²) in [5.74, 6) is 0.124. The van der Waals surface area contributed by atoms with Crippen LogP contribution in [0.5, 0.6) is 0 Å². The van der Waals surface area contributed by atoms with Gasteiger partial charge in [0.15, 0.2) is 0 Å². The molecule has 2 N–H and O–H groups in total. The van der Waals surface area contributed by atoms with Crippen LogP contribution in [0.2, 0.25) is 0 Å². The normalized spacial score (nSPS) is 17.0. The van der Waals surface area contributed by atoms with Crippen molar-refractivity contribution in [3.05, 3.63) is 0 Å². The van der Waals surface area contributed by atoms with Crippen LogP contribution in [-0.2, 0) is 9.59 Å². The van der Waals surface area contributed by atoms with Gasteiger partial charge in [0.2, 0.25) is 11.8 Å². The molecule has 80 valence electrons. The summed E-state index contributed by atoms with van der Waals surface area (Å²) in [5, 5.41) is 0. The molecule has 2 amide bonds. The number of carbonyl (C=O) groups is 2. The molecule has 5 heteroatoms. The molecule has 1 heterocycles. The van der Waals surface area contributed by atoms with E-state index in [1.165, 1.54) is 0 Å². The Labute approximate surface area is 83.8 Å². The second-order valence-electron chi connectivity index (χ2n) is 3.32. The van der Waals surface area contributed by atoms with E-state index < -0.39 is 0 Å². The van der Waals surface area contributed by atoms with Crippen LogP contribution >= 0.6 is 0 Å². The van der Waals surface area contributed by atoms with Crippen molar-refractivity contribution < 1.29 is 9.59 Å². The molecule has 0 spiro atoms. The number of nitrogens with zero attached hydrogens (tertiary/aromatic N) is 2. The van der Waals surface area contributed by atoms with E-state index in [-0.39, 0.29) is 18.4 Å². The molecule has 1 fully saturated rings. The van der Waals surface area contributed by atoms with E-state index in [4.69, 9.17) is 5.73 Å². The smallest absolute Gasteiger partial charge is 0.236 e. The van der Waals surface area contributed by atoms with Gasteiger partial charge in [0.25, 0.3) is 0 Å². The number of rotatable bonds is 2. The Kier molecular flexibility index (Phi) is 3.88. The lowest BCUT2D eigenvalue weighted by Gasteiger charge is -2.34. The third-order valence-corrected chi connectivity index (χ3v) is 2.46. The monoisotopic (exact) mass is 199 g/mol. The molecule has 0 bridgehead atoms. The van der Waals surface area contributed by atoms with E-state index >= 15 is 0 Å². The van der Waals surface area contributed by atoms with Crippen LogP contribution in [0.4, 0.5) is 0 Å². The SMILES string of the molecule is CCC(=O)N1CCN(C(=O)CN)CC1. The number of hydrogen-bond acceptors (Lipinski definition) is 3. The largest absolute Gasteiger partial charge is 0.339 e. The second-order valence-corrected chi connectivity index (χ2v) is 3.32. The predicted molar refractivity (Wildman–Crippen MR) is 52.5 cm³/mol. The lowest BCUT2D eigenvalue weighted by atomic mass is 10.3. The first-order valence-electron chi connectivity index (χ1n) is 4.94. The summed E-state index contributed by atoms with van der Waals surface area (Å²) in [4.78, 5) is 26.0. The van der Waals surface area contributed by atoms with E-state index in [1.54, 1.807) is 9.80 Å². The molecular formula is C9H17N3O2. The number of amides is 2. The molecule has 0 aliphatic carbocycles. The molecule has 0 aromatic carbocycles. The lowest BCUT2D eigenvalue weighted by molar-refractivity contribution is -0.138. The highest BCUT2D eigenvalue weighted by Crippen LogP contribution is 2.03. The van der Waals surface area contributed by atoms with Crippen molar-refractivity contribution in [3.8, 4) is 0 Å². The first kappa shape index (κ1) is 11.0. The van der Waals surface area contributed by atoms with E-state index in [1.807, 2.05) is 6.92 Å². The molecule has 0 unspecified atom stereocenters. The quantitative estimate of drug-likeness (QED) is 0.622. The molecule has 1 rings (SSSR count). The van der Waals surface area contributed by atoms with E-state index in [2.05, 4.69) is 0 Å². The molecule has 14 heavy (non-hydrogen) atoms. The van der Waals surface area contributed by atoms with Crippen LogP contribution in [-0.4, -0.2) is 54.3 Å². The Bertz CT molecular complexity index is 198. The van der Waals surface area contributed by atoms with Gasteiger partial charge in [-0.25, -0.2) is 0 Å². The molecular weight excluding hydrogens is 182 g/mol. The molecule has 0 atom stereocenters. The minimum Gasteiger partial charge on any atom is -0.339 e. The molecule has 0 saturated carbocycles. The third-order valence-electron chi connectivity index (χ3n) is 2.46. The number of piperazine rings is 1. The van der Waals surface area contributed by atoms with E-state index in [0.29, 0.717) is 32.6 Å². The Morgan fingerprint density at radius 2 is 1.50 bits per heavy atom. The highest BCUT2D eigenvalue weighted by Gasteiger charge is 2.21. The highest BCUT2D eigenvalue weighted by atomic mass is 16.2. The van der Waals surface area contributed by atoms with Gasteiger partial charge in [-0.3, -0.25) is 9.59 Å². The summed E-state index contributed by atoms with van der Waals surface area (Å²) in [7, 11) is 0. The zero-order chi connectivity index (χ0) is 10.6. The Hall–Kier alpha value is -1.10. The maximum absolute atomic E-state index is 11.3. The van der Waals surface area contributed by atoms with Crippen LogP contribution < -0.4 is 5.73 Å². The number of hydrogen-bond donors (Lipinski definition) is 1. The van der Waals surface area contributed by atoms with E-state index in [0.717, 1.165) is 0 Å². The fraction of sp³-hybridized carbons (Fsp3) is 0.778. The fourth-order valence-electron chi connectivity index (χ4n) is 1.56. The molecule has 5 nitrogen and oxygen atoms in total. The summed E-state index contributed by atoms with van der Waals surface area (Å²) in [6, 6.07) is 0. The van der Waals surface area contributed by atoms with Crippen LogP contribution in [0.3, 0.4) is 0 Å². The standard InChI is InChI=1S/C9H17N3O2/c1-2-8(13)11-3-5-12(6-4-11)9(14)7-10/h2-7,10H2,1H3. The van der Waals surface area contributed by atoms with Gasteiger partial charge in [-0.1, -0.05) is 6.92 Å². The first-order chi connectivity index (χ1) is 6.69. The van der Waals surface area contributed by atoms with Crippen molar-refractivity contribution in [1.82, 2.24) is 9.80 Å². The van der Waals surface area contributed by atoms with Crippen molar-refractivity contribution in [2.45, 2.75) is 13.3 Å². The molecule has 1 saturated heterocycles. The zero-order valence-electron chi connectivity index (χ0n) is 8.53. The van der Waals surface area contributed by atoms with Gasteiger partial charge in [-0.2, -0.15) is 0 Å². The third kappa shape index (κ3) is 2.45. The summed E-state index contributed by atoms with van der Waals surface area (Å²) >= 11 is 0. The fourth-order valence-corrected chi connectivity index (χ4v) is 1.56.